The van der Waals surface area contributed by atoms with Crippen LogP contribution in [0.2, 0.25) is 0 Å². The molecule has 1 aromatic heterocycles. The van der Waals surface area contributed by atoms with E-state index in [0.717, 1.165) is 11.3 Å². The average Bonchev–Trinajstić information content (AvgIpc) is 3.15. The molecule has 0 aliphatic rings. The van der Waals surface area contributed by atoms with Gasteiger partial charge in [-0.15, -0.1) is 0 Å². The third-order valence-electron chi connectivity index (χ3n) is 3.60. The van der Waals surface area contributed by atoms with Crippen LogP contribution in [0.1, 0.15) is 28.9 Å². The molecule has 0 fully saturated rings. The minimum atomic E-state index is -0.381. The van der Waals surface area contributed by atoms with Gasteiger partial charge in [-0.3, -0.25) is 4.79 Å². The molecule has 3 rings (SSSR count). The van der Waals surface area contributed by atoms with Gasteiger partial charge in [0.05, 0.1) is 0 Å². The van der Waals surface area contributed by atoms with Crippen LogP contribution in [-0.4, -0.2) is 20.5 Å². The highest BCUT2D eigenvalue weighted by Crippen LogP contribution is 2.18. The van der Waals surface area contributed by atoms with Crippen LogP contribution >= 0.6 is 0 Å². The standard InChI is InChI=1S/C18H17N3O2/c1-14(21-13-19-12-20-21)18(22)16-7-9-17(10-8-16)23-11-15-5-3-2-4-6-15/h2-10,12-14H,11H2,1H3. The smallest absolute Gasteiger partial charge is 0.187 e. The Labute approximate surface area is 134 Å². The minimum Gasteiger partial charge on any atom is -0.489 e. The summed E-state index contributed by atoms with van der Waals surface area (Å²) >= 11 is 0. The van der Waals surface area contributed by atoms with Crippen molar-refractivity contribution in [1.29, 1.82) is 0 Å². The van der Waals surface area contributed by atoms with E-state index in [0.29, 0.717) is 12.2 Å². The summed E-state index contributed by atoms with van der Waals surface area (Å²) < 4.78 is 7.26. The molecule has 0 bridgehead atoms. The van der Waals surface area contributed by atoms with E-state index in [4.69, 9.17) is 4.74 Å². The number of rotatable bonds is 6. The highest BCUT2D eigenvalue weighted by atomic mass is 16.5. The summed E-state index contributed by atoms with van der Waals surface area (Å²) in [5.41, 5.74) is 1.73. The zero-order valence-electron chi connectivity index (χ0n) is 12.8. The second-order valence-electron chi connectivity index (χ2n) is 5.21. The summed E-state index contributed by atoms with van der Waals surface area (Å²) in [6, 6.07) is 16.7. The molecule has 116 valence electrons. The van der Waals surface area contributed by atoms with Gasteiger partial charge in [-0.2, -0.15) is 5.10 Å². The molecular formula is C18H17N3O2. The van der Waals surface area contributed by atoms with E-state index in [-0.39, 0.29) is 11.8 Å². The number of ether oxygens (including phenoxy) is 1. The molecule has 5 heteroatoms. The third kappa shape index (κ3) is 3.63. The number of aromatic nitrogens is 3. The predicted molar refractivity (Wildman–Crippen MR) is 86.3 cm³/mol. The molecule has 0 spiro atoms. The number of ketones is 1. The molecule has 0 saturated heterocycles. The maximum atomic E-state index is 12.4. The Hall–Kier alpha value is -2.95. The van der Waals surface area contributed by atoms with E-state index in [1.165, 1.54) is 6.33 Å². The lowest BCUT2D eigenvalue weighted by Gasteiger charge is -2.11. The van der Waals surface area contributed by atoms with Crippen molar-refractivity contribution in [1.82, 2.24) is 14.8 Å². The number of nitrogens with zero attached hydrogens (tertiary/aromatic N) is 3. The van der Waals surface area contributed by atoms with Crippen molar-refractivity contribution in [3.8, 4) is 5.75 Å². The van der Waals surface area contributed by atoms with Crippen LogP contribution in [0, 0.1) is 0 Å². The molecule has 2 aromatic carbocycles. The Balaban J connectivity index is 1.64. The summed E-state index contributed by atoms with van der Waals surface area (Å²) in [6.45, 7) is 2.31. The molecule has 3 aromatic rings. The fourth-order valence-electron chi connectivity index (χ4n) is 2.24. The van der Waals surface area contributed by atoms with Gasteiger partial charge in [-0.05, 0) is 36.8 Å². The molecule has 1 unspecified atom stereocenters. The van der Waals surface area contributed by atoms with Crippen molar-refractivity contribution in [2.75, 3.05) is 0 Å². The maximum Gasteiger partial charge on any atom is 0.187 e. The van der Waals surface area contributed by atoms with Gasteiger partial charge in [0.25, 0.3) is 0 Å². The summed E-state index contributed by atoms with van der Waals surface area (Å²) in [6.07, 6.45) is 2.96. The van der Waals surface area contributed by atoms with E-state index in [1.54, 1.807) is 30.1 Å². The molecule has 1 heterocycles. The highest BCUT2D eigenvalue weighted by molar-refractivity contribution is 5.98. The van der Waals surface area contributed by atoms with Crippen molar-refractivity contribution >= 4 is 5.78 Å². The maximum absolute atomic E-state index is 12.4. The Morgan fingerprint density at radius 3 is 2.52 bits per heavy atom. The third-order valence-corrected chi connectivity index (χ3v) is 3.60. The van der Waals surface area contributed by atoms with Crippen LogP contribution < -0.4 is 4.74 Å². The lowest BCUT2D eigenvalue weighted by Crippen LogP contribution is -2.17. The number of carbonyl (C=O) groups excluding carboxylic acids is 1. The number of hydrogen-bond acceptors (Lipinski definition) is 4. The normalized spacial score (nSPS) is 11.9. The molecule has 0 aliphatic heterocycles. The van der Waals surface area contributed by atoms with Crippen molar-refractivity contribution < 1.29 is 9.53 Å². The van der Waals surface area contributed by atoms with Crippen LogP contribution in [0.25, 0.3) is 0 Å². The fraction of sp³-hybridized carbons (Fsp3) is 0.167. The molecular weight excluding hydrogens is 290 g/mol. The van der Waals surface area contributed by atoms with Crippen molar-refractivity contribution in [2.45, 2.75) is 19.6 Å². The van der Waals surface area contributed by atoms with E-state index >= 15 is 0 Å². The minimum absolute atomic E-state index is 0.00916. The van der Waals surface area contributed by atoms with Crippen molar-refractivity contribution in [3.05, 3.63) is 78.4 Å². The van der Waals surface area contributed by atoms with Crippen LogP contribution in [0.15, 0.2) is 67.3 Å². The van der Waals surface area contributed by atoms with Gasteiger partial charge in [0, 0.05) is 5.56 Å². The van der Waals surface area contributed by atoms with Crippen LogP contribution in [0.5, 0.6) is 5.75 Å². The van der Waals surface area contributed by atoms with Crippen LogP contribution in [0.3, 0.4) is 0 Å². The number of Topliss-reactive ketones (excluding diaryl/α,β-unsaturated/α-hetero) is 1. The Bertz CT molecular complexity index is 753. The topological polar surface area (TPSA) is 57.0 Å². The first kappa shape index (κ1) is 15.0. The molecule has 0 aliphatic carbocycles. The second-order valence-corrected chi connectivity index (χ2v) is 5.21. The van der Waals surface area contributed by atoms with Gasteiger partial charge in [-0.1, -0.05) is 30.3 Å². The second kappa shape index (κ2) is 6.87. The van der Waals surface area contributed by atoms with Gasteiger partial charge in [0.2, 0.25) is 0 Å². The molecule has 0 saturated carbocycles. The Kier molecular flexibility index (Phi) is 4.47. The van der Waals surface area contributed by atoms with E-state index in [2.05, 4.69) is 10.1 Å². The van der Waals surface area contributed by atoms with E-state index < -0.39 is 0 Å². The summed E-state index contributed by atoms with van der Waals surface area (Å²) in [5.74, 6) is 0.726. The molecule has 0 amide bonds. The number of benzene rings is 2. The Morgan fingerprint density at radius 2 is 1.87 bits per heavy atom. The fourth-order valence-corrected chi connectivity index (χ4v) is 2.24. The van der Waals surface area contributed by atoms with Gasteiger partial charge in [-0.25, -0.2) is 9.67 Å². The first-order valence-corrected chi connectivity index (χ1v) is 7.39. The van der Waals surface area contributed by atoms with Gasteiger partial charge < -0.3 is 4.74 Å². The molecule has 0 N–H and O–H groups in total. The molecule has 23 heavy (non-hydrogen) atoms. The highest BCUT2D eigenvalue weighted by Gasteiger charge is 2.17. The Morgan fingerprint density at radius 1 is 1.13 bits per heavy atom. The number of carbonyl (C=O) groups is 1. The summed E-state index contributed by atoms with van der Waals surface area (Å²) in [5, 5.41) is 4.00. The first-order chi connectivity index (χ1) is 11.2. The van der Waals surface area contributed by atoms with Gasteiger partial charge >= 0.3 is 0 Å². The van der Waals surface area contributed by atoms with Crippen molar-refractivity contribution in [3.63, 3.8) is 0 Å². The molecule has 1 atom stereocenters. The molecule has 0 radical (unpaired) electrons. The SMILES string of the molecule is CC(C(=O)c1ccc(OCc2ccccc2)cc1)n1cncn1. The summed E-state index contributed by atoms with van der Waals surface area (Å²) in [4.78, 5) is 16.3. The van der Waals surface area contributed by atoms with E-state index in [1.807, 2.05) is 42.5 Å². The lowest BCUT2D eigenvalue weighted by atomic mass is 10.1. The summed E-state index contributed by atoms with van der Waals surface area (Å²) in [7, 11) is 0. The zero-order chi connectivity index (χ0) is 16.1. The first-order valence-electron chi connectivity index (χ1n) is 7.39. The lowest BCUT2D eigenvalue weighted by molar-refractivity contribution is 0.0928. The largest absolute Gasteiger partial charge is 0.489 e. The quantitative estimate of drug-likeness (QED) is 0.656. The van der Waals surface area contributed by atoms with E-state index in [9.17, 15) is 4.79 Å². The zero-order valence-corrected chi connectivity index (χ0v) is 12.8. The van der Waals surface area contributed by atoms with Gasteiger partial charge in [0.15, 0.2) is 5.78 Å². The number of hydrogen-bond donors (Lipinski definition) is 0. The van der Waals surface area contributed by atoms with Crippen LogP contribution in [-0.2, 0) is 6.61 Å². The predicted octanol–water partition coefficient (Wildman–Crippen LogP) is 3.30. The van der Waals surface area contributed by atoms with Crippen molar-refractivity contribution in [2.24, 2.45) is 0 Å². The monoisotopic (exact) mass is 307 g/mol. The average molecular weight is 307 g/mol. The molecule has 5 nitrogen and oxygen atoms in total. The van der Waals surface area contributed by atoms with Gasteiger partial charge in [0.1, 0.15) is 31.1 Å². The van der Waals surface area contributed by atoms with Crippen LogP contribution in [0.4, 0.5) is 0 Å².